The number of rotatable bonds is 9. The van der Waals surface area contributed by atoms with Crippen LogP contribution in [0.3, 0.4) is 0 Å². The standard InChI is InChI=1S/C21H25N3O3/c1-15(17-10-6-3-7-11-17)23-19(25)12-13-20(26)24-18(21(22)27)14-16-8-4-2-5-9-16/h2-11,15,18H,12-14H2,1H3,(H2,22,27)(H,23,25)(H,24,26)/t15-,18+/m1/s1. The monoisotopic (exact) mass is 367 g/mol. The second kappa shape index (κ2) is 10.1. The summed E-state index contributed by atoms with van der Waals surface area (Å²) in [4.78, 5) is 35.8. The van der Waals surface area contributed by atoms with E-state index < -0.39 is 11.9 Å². The molecule has 2 aromatic carbocycles. The molecule has 4 N–H and O–H groups in total. The third-order valence-electron chi connectivity index (χ3n) is 4.22. The molecule has 27 heavy (non-hydrogen) atoms. The van der Waals surface area contributed by atoms with Gasteiger partial charge in [0, 0.05) is 19.3 Å². The fraction of sp³-hybridized carbons (Fsp3) is 0.286. The van der Waals surface area contributed by atoms with Gasteiger partial charge in [0.1, 0.15) is 6.04 Å². The van der Waals surface area contributed by atoms with Crippen LogP contribution in [-0.4, -0.2) is 23.8 Å². The topological polar surface area (TPSA) is 101 Å². The number of primary amides is 1. The van der Waals surface area contributed by atoms with E-state index in [1.807, 2.05) is 67.6 Å². The van der Waals surface area contributed by atoms with Crippen molar-refractivity contribution in [1.29, 1.82) is 0 Å². The Bertz CT molecular complexity index is 763. The minimum absolute atomic E-state index is 0.00802. The lowest BCUT2D eigenvalue weighted by Crippen LogP contribution is -2.46. The Morgan fingerprint density at radius 1 is 0.852 bits per heavy atom. The summed E-state index contributed by atoms with van der Waals surface area (Å²) in [6.07, 6.45) is 0.352. The SMILES string of the molecule is C[C@@H](NC(=O)CCC(=O)N[C@@H](Cc1ccccc1)C(N)=O)c1ccccc1. The Morgan fingerprint density at radius 2 is 1.37 bits per heavy atom. The average molecular weight is 367 g/mol. The first-order valence-electron chi connectivity index (χ1n) is 8.92. The summed E-state index contributed by atoms with van der Waals surface area (Å²) in [6, 6.07) is 17.9. The highest BCUT2D eigenvalue weighted by molar-refractivity contribution is 5.88. The largest absolute Gasteiger partial charge is 0.368 e. The number of nitrogens with two attached hydrogens (primary N) is 1. The smallest absolute Gasteiger partial charge is 0.240 e. The fourth-order valence-electron chi connectivity index (χ4n) is 2.70. The lowest BCUT2D eigenvalue weighted by molar-refractivity contribution is -0.129. The first-order valence-corrected chi connectivity index (χ1v) is 8.92. The quantitative estimate of drug-likeness (QED) is 0.630. The van der Waals surface area contributed by atoms with E-state index in [0.717, 1.165) is 11.1 Å². The molecule has 0 saturated carbocycles. The maximum Gasteiger partial charge on any atom is 0.240 e. The fourth-order valence-corrected chi connectivity index (χ4v) is 2.70. The number of benzene rings is 2. The molecular weight excluding hydrogens is 342 g/mol. The third kappa shape index (κ3) is 6.93. The summed E-state index contributed by atoms with van der Waals surface area (Å²) in [5, 5.41) is 5.47. The van der Waals surface area contributed by atoms with Gasteiger partial charge in [-0.2, -0.15) is 0 Å². The van der Waals surface area contributed by atoms with Gasteiger partial charge in [0.05, 0.1) is 6.04 Å². The Hall–Kier alpha value is -3.15. The first-order chi connectivity index (χ1) is 13.0. The van der Waals surface area contributed by atoms with Gasteiger partial charge in [0.15, 0.2) is 0 Å². The highest BCUT2D eigenvalue weighted by atomic mass is 16.2. The molecule has 2 rings (SSSR count). The van der Waals surface area contributed by atoms with Crippen molar-refractivity contribution >= 4 is 17.7 Å². The molecule has 3 amide bonds. The van der Waals surface area contributed by atoms with Crippen molar-refractivity contribution in [3.05, 3.63) is 71.8 Å². The van der Waals surface area contributed by atoms with E-state index in [2.05, 4.69) is 10.6 Å². The molecule has 6 nitrogen and oxygen atoms in total. The van der Waals surface area contributed by atoms with Crippen LogP contribution in [0.1, 0.15) is 36.9 Å². The van der Waals surface area contributed by atoms with Crippen LogP contribution in [0, 0.1) is 0 Å². The van der Waals surface area contributed by atoms with Gasteiger partial charge in [-0.25, -0.2) is 0 Å². The number of nitrogens with one attached hydrogen (secondary N) is 2. The van der Waals surface area contributed by atoms with E-state index in [0.29, 0.717) is 6.42 Å². The molecule has 0 spiro atoms. The lowest BCUT2D eigenvalue weighted by Gasteiger charge is -2.16. The van der Waals surface area contributed by atoms with Gasteiger partial charge < -0.3 is 16.4 Å². The minimum Gasteiger partial charge on any atom is -0.368 e. The van der Waals surface area contributed by atoms with E-state index in [1.165, 1.54) is 0 Å². The molecule has 0 aromatic heterocycles. The molecule has 0 radical (unpaired) electrons. The highest BCUT2D eigenvalue weighted by Gasteiger charge is 2.19. The molecule has 0 aliphatic carbocycles. The summed E-state index contributed by atoms with van der Waals surface area (Å²) in [7, 11) is 0. The van der Waals surface area contributed by atoms with Gasteiger partial charge in [0.25, 0.3) is 0 Å². The molecule has 0 fully saturated rings. The van der Waals surface area contributed by atoms with Gasteiger partial charge >= 0.3 is 0 Å². The van der Waals surface area contributed by atoms with E-state index in [9.17, 15) is 14.4 Å². The predicted molar refractivity (Wildman–Crippen MR) is 104 cm³/mol. The summed E-state index contributed by atoms with van der Waals surface area (Å²) in [5.41, 5.74) is 7.28. The van der Waals surface area contributed by atoms with Crippen molar-refractivity contribution < 1.29 is 14.4 Å². The zero-order chi connectivity index (χ0) is 19.6. The van der Waals surface area contributed by atoms with Crippen LogP contribution in [0.5, 0.6) is 0 Å². The number of hydrogen-bond acceptors (Lipinski definition) is 3. The molecular formula is C21H25N3O3. The van der Waals surface area contributed by atoms with E-state index in [1.54, 1.807) is 0 Å². The number of carbonyl (C=O) groups excluding carboxylic acids is 3. The Morgan fingerprint density at radius 3 is 1.93 bits per heavy atom. The minimum atomic E-state index is -0.800. The van der Waals surface area contributed by atoms with Crippen LogP contribution in [-0.2, 0) is 20.8 Å². The molecule has 142 valence electrons. The van der Waals surface area contributed by atoms with Crippen LogP contribution in [0.2, 0.25) is 0 Å². The second-order valence-electron chi connectivity index (χ2n) is 6.41. The Kier molecular flexibility index (Phi) is 7.55. The van der Waals surface area contributed by atoms with Crippen LogP contribution < -0.4 is 16.4 Å². The van der Waals surface area contributed by atoms with Crippen LogP contribution in [0.15, 0.2) is 60.7 Å². The zero-order valence-corrected chi connectivity index (χ0v) is 15.4. The maximum absolute atomic E-state index is 12.1. The first kappa shape index (κ1) is 20.2. The summed E-state index contributed by atoms with van der Waals surface area (Å²) in [5.74, 6) is -1.20. The molecule has 6 heteroatoms. The third-order valence-corrected chi connectivity index (χ3v) is 4.22. The van der Waals surface area contributed by atoms with Crippen LogP contribution in [0.25, 0.3) is 0 Å². The number of hydrogen-bond donors (Lipinski definition) is 3. The molecule has 2 atom stereocenters. The molecule has 0 saturated heterocycles. The summed E-state index contributed by atoms with van der Waals surface area (Å²) >= 11 is 0. The van der Waals surface area contributed by atoms with E-state index in [4.69, 9.17) is 5.73 Å². The van der Waals surface area contributed by atoms with Crippen molar-refractivity contribution in [2.75, 3.05) is 0 Å². The highest BCUT2D eigenvalue weighted by Crippen LogP contribution is 2.11. The Labute approximate surface area is 159 Å². The van der Waals surface area contributed by atoms with E-state index >= 15 is 0 Å². The normalized spacial score (nSPS) is 12.6. The lowest BCUT2D eigenvalue weighted by atomic mass is 10.1. The zero-order valence-electron chi connectivity index (χ0n) is 15.4. The molecule has 0 bridgehead atoms. The molecule has 0 aliphatic rings. The molecule has 0 unspecified atom stereocenters. The average Bonchev–Trinajstić information content (AvgIpc) is 2.67. The van der Waals surface area contributed by atoms with Crippen molar-refractivity contribution in [2.45, 2.75) is 38.3 Å². The van der Waals surface area contributed by atoms with Crippen molar-refractivity contribution in [3.63, 3.8) is 0 Å². The summed E-state index contributed by atoms with van der Waals surface area (Å²) in [6.45, 7) is 1.89. The van der Waals surface area contributed by atoms with E-state index in [-0.39, 0.29) is 30.7 Å². The van der Waals surface area contributed by atoms with Gasteiger partial charge in [-0.05, 0) is 18.1 Å². The van der Waals surface area contributed by atoms with Crippen molar-refractivity contribution in [2.24, 2.45) is 5.73 Å². The predicted octanol–water partition coefficient (Wildman–Crippen LogP) is 1.86. The van der Waals surface area contributed by atoms with Gasteiger partial charge in [0.2, 0.25) is 17.7 Å². The maximum atomic E-state index is 12.1. The van der Waals surface area contributed by atoms with Crippen LogP contribution >= 0.6 is 0 Å². The number of amides is 3. The summed E-state index contributed by atoms with van der Waals surface area (Å²) < 4.78 is 0. The van der Waals surface area contributed by atoms with Crippen molar-refractivity contribution in [3.8, 4) is 0 Å². The second-order valence-corrected chi connectivity index (χ2v) is 6.41. The molecule has 0 aliphatic heterocycles. The van der Waals surface area contributed by atoms with Crippen LogP contribution in [0.4, 0.5) is 0 Å². The van der Waals surface area contributed by atoms with Gasteiger partial charge in [-0.1, -0.05) is 60.7 Å². The van der Waals surface area contributed by atoms with Gasteiger partial charge in [-0.15, -0.1) is 0 Å². The van der Waals surface area contributed by atoms with Gasteiger partial charge in [-0.3, -0.25) is 14.4 Å². The number of carbonyl (C=O) groups is 3. The Balaban J connectivity index is 1.79. The molecule has 2 aromatic rings. The van der Waals surface area contributed by atoms with Crippen molar-refractivity contribution in [1.82, 2.24) is 10.6 Å². The molecule has 0 heterocycles.